The zero-order chi connectivity index (χ0) is 24.1. The van der Waals surface area contributed by atoms with Gasteiger partial charge in [-0.1, -0.05) is 30.5 Å². The number of amides is 2. The molecular formula is C26H32N4O4. The maximum atomic E-state index is 12.5. The molecule has 0 aromatic heterocycles. The van der Waals surface area contributed by atoms with Crippen LogP contribution in [0.15, 0.2) is 42.5 Å². The first kappa shape index (κ1) is 23.8. The van der Waals surface area contributed by atoms with E-state index < -0.39 is 5.97 Å². The molecule has 0 radical (unpaired) electrons. The van der Waals surface area contributed by atoms with Gasteiger partial charge in [0, 0.05) is 43.5 Å². The molecule has 1 aliphatic heterocycles. The lowest BCUT2D eigenvalue weighted by Gasteiger charge is -2.36. The van der Waals surface area contributed by atoms with Crippen molar-refractivity contribution >= 4 is 34.8 Å². The molecule has 180 valence electrons. The fourth-order valence-corrected chi connectivity index (χ4v) is 4.64. The number of aromatic carboxylic acids is 1. The fraction of sp³-hybridized carbons (Fsp3) is 0.423. The van der Waals surface area contributed by atoms with Crippen LogP contribution in [0.3, 0.4) is 0 Å². The first-order valence-electron chi connectivity index (χ1n) is 11.9. The van der Waals surface area contributed by atoms with Crippen LogP contribution in [-0.4, -0.2) is 60.5 Å². The number of carboxylic acid groups (broad SMARTS) is 1. The Hall–Kier alpha value is -3.39. The molecule has 2 aliphatic rings. The summed E-state index contributed by atoms with van der Waals surface area (Å²) >= 11 is 0. The van der Waals surface area contributed by atoms with E-state index in [-0.39, 0.29) is 23.3 Å². The number of piperazine rings is 1. The molecule has 2 fully saturated rings. The molecule has 34 heavy (non-hydrogen) atoms. The second-order valence-electron chi connectivity index (χ2n) is 9.18. The standard InChI is InChI=1S/C26H32N4O4/c1-18-6-8-20(9-7-18)27-24(31)17-29-12-14-30(15-13-29)21-10-11-23(22(16-21)26(33)34)28-25(32)19-4-2-3-5-19/h6-11,16,19H,2-5,12-15,17H2,1H3,(H,27,31)(H,28,32)(H,33,34). The highest BCUT2D eigenvalue weighted by Gasteiger charge is 2.25. The average Bonchev–Trinajstić information content (AvgIpc) is 3.36. The van der Waals surface area contributed by atoms with Crippen molar-refractivity contribution in [2.45, 2.75) is 32.6 Å². The molecule has 3 N–H and O–H groups in total. The summed E-state index contributed by atoms with van der Waals surface area (Å²) in [6.45, 7) is 5.09. The highest BCUT2D eigenvalue weighted by molar-refractivity contribution is 6.02. The summed E-state index contributed by atoms with van der Waals surface area (Å²) in [5.41, 5.74) is 3.18. The van der Waals surface area contributed by atoms with Crippen LogP contribution in [0, 0.1) is 12.8 Å². The van der Waals surface area contributed by atoms with E-state index in [9.17, 15) is 19.5 Å². The van der Waals surface area contributed by atoms with Gasteiger partial charge in [-0.2, -0.15) is 0 Å². The Labute approximate surface area is 199 Å². The monoisotopic (exact) mass is 464 g/mol. The summed E-state index contributed by atoms with van der Waals surface area (Å²) in [7, 11) is 0. The SMILES string of the molecule is Cc1ccc(NC(=O)CN2CCN(c3ccc(NC(=O)C4CCCC4)c(C(=O)O)c3)CC2)cc1. The number of anilines is 3. The van der Waals surface area contributed by atoms with Gasteiger partial charge >= 0.3 is 5.97 Å². The van der Waals surface area contributed by atoms with Gasteiger partial charge < -0.3 is 20.6 Å². The molecule has 2 aromatic rings. The van der Waals surface area contributed by atoms with Gasteiger partial charge in [0.2, 0.25) is 11.8 Å². The Morgan fingerprint density at radius 3 is 2.26 bits per heavy atom. The first-order chi connectivity index (χ1) is 16.4. The number of hydrogen-bond acceptors (Lipinski definition) is 5. The number of carboxylic acids is 1. The molecule has 8 nitrogen and oxygen atoms in total. The van der Waals surface area contributed by atoms with E-state index in [1.807, 2.05) is 37.3 Å². The smallest absolute Gasteiger partial charge is 0.337 e. The van der Waals surface area contributed by atoms with Crippen LogP contribution >= 0.6 is 0 Å². The maximum Gasteiger partial charge on any atom is 0.337 e. The number of aryl methyl sites for hydroxylation is 1. The van der Waals surface area contributed by atoms with Crippen LogP contribution in [-0.2, 0) is 9.59 Å². The first-order valence-corrected chi connectivity index (χ1v) is 11.9. The molecule has 2 aromatic carbocycles. The third-order valence-corrected chi connectivity index (χ3v) is 6.66. The van der Waals surface area contributed by atoms with Gasteiger partial charge in [-0.25, -0.2) is 4.79 Å². The number of hydrogen-bond donors (Lipinski definition) is 3. The van der Waals surface area contributed by atoms with Crippen molar-refractivity contribution in [2.24, 2.45) is 5.92 Å². The number of carbonyl (C=O) groups excluding carboxylic acids is 2. The van der Waals surface area contributed by atoms with E-state index in [2.05, 4.69) is 20.4 Å². The molecule has 1 heterocycles. The molecular weight excluding hydrogens is 432 g/mol. The van der Waals surface area contributed by atoms with Gasteiger partial charge in [0.25, 0.3) is 0 Å². The van der Waals surface area contributed by atoms with Crippen molar-refractivity contribution in [3.63, 3.8) is 0 Å². The molecule has 1 saturated heterocycles. The number of rotatable bonds is 7. The van der Waals surface area contributed by atoms with Crippen molar-refractivity contribution in [1.29, 1.82) is 0 Å². The van der Waals surface area contributed by atoms with Crippen molar-refractivity contribution < 1.29 is 19.5 Å². The highest BCUT2D eigenvalue weighted by atomic mass is 16.4. The van der Waals surface area contributed by atoms with Crippen molar-refractivity contribution in [1.82, 2.24) is 4.90 Å². The summed E-state index contributed by atoms with van der Waals surface area (Å²) in [5.74, 6) is -1.23. The van der Waals surface area contributed by atoms with Crippen LogP contribution in [0.1, 0.15) is 41.6 Å². The van der Waals surface area contributed by atoms with Gasteiger partial charge in [-0.15, -0.1) is 0 Å². The van der Waals surface area contributed by atoms with Crippen molar-refractivity contribution in [3.8, 4) is 0 Å². The minimum atomic E-state index is -1.06. The van der Waals surface area contributed by atoms with E-state index in [4.69, 9.17) is 0 Å². The predicted molar refractivity (Wildman–Crippen MR) is 132 cm³/mol. The second kappa shape index (κ2) is 10.7. The summed E-state index contributed by atoms with van der Waals surface area (Å²) in [6, 6.07) is 12.9. The Morgan fingerprint density at radius 1 is 0.941 bits per heavy atom. The molecule has 1 aliphatic carbocycles. The van der Waals surface area contributed by atoms with Crippen molar-refractivity contribution in [3.05, 3.63) is 53.6 Å². The van der Waals surface area contributed by atoms with Gasteiger partial charge in [-0.05, 0) is 50.1 Å². The number of carbonyl (C=O) groups is 3. The Bertz CT molecular complexity index is 1040. The number of nitrogens with zero attached hydrogens (tertiary/aromatic N) is 2. The minimum Gasteiger partial charge on any atom is -0.478 e. The van der Waals surface area contributed by atoms with Crippen molar-refractivity contribution in [2.75, 3.05) is 48.3 Å². The normalized spacial score (nSPS) is 16.9. The third-order valence-electron chi connectivity index (χ3n) is 6.66. The lowest BCUT2D eigenvalue weighted by molar-refractivity contribution is -0.119. The third kappa shape index (κ3) is 5.94. The highest BCUT2D eigenvalue weighted by Crippen LogP contribution is 2.29. The van der Waals surface area contributed by atoms with Crippen LogP contribution in [0.2, 0.25) is 0 Å². The second-order valence-corrected chi connectivity index (χ2v) is 9.18. The van der Waals surface area contributed by atoms with E-state index in [1.165, 1.54) is 0 Å². The molecule has 1 saturated carbocycles. The number of benzene rings is 2. The zero-order valence-corrected chi connectivity index (χ0v) is 19.5. The van der Waals surface area contributed by atoms with E-state index >= 15 is 0 Å². The molecule has 4 rings (SSSR count). The van der Waals surface area contributed by atoms with E-state index in [1.54, 1.807) is 12.1 Å². The summed E-state index contributed by atoms with van der Waals surface area (Å²) in [4.78, 5) is 41.0. The van der Waals surface area contributed by atoms with Crippen LogP contribution in [0.5, 0.6) is 0 Å². The van der Waals surface area contributed by atoms with E-state index in [0.29, 0.717) is 38.4 Å². The average molecular weight is 465 g/mol. The number of nitrogens with one attached hydrogen (secondary N) is 2. The Morgan fingerprint density at radius 2 is 1.62 bits per heavy atom. The zero-order valence-electron chi connectivity index (χ0n) is 19.5. The van der Waals surface area contributed by atoms with Crippen LogP contribution < -0.4 is 15.5 Å². The van der Waals surface area contributed by atoms with Gasteiger partial charge in [0.1, 0.15) is 0 Å². The summed E-state index contributed by atoms with van der Waals surface area (Å²) < 4.78 is 0. The lowest BCUT2D eigenvalue weighted by atomic mass is 10.1. The largest absolute Gasteiger partial charge is 0.478 e. The summed E-state index contributed by atoms with van der Waals surface area (Å²) in [5, 5.41) is 15.5. The Kier molecular flexibility index (Phi) is 7.47. The van der Waals surface area contributed by atoms with Gasteiger partial charge in [-0.3, -0.25) is 14.5 Å². The topological polar surface area (TPSA) is 102 Å². The fourth-order valence-electron chi connectivity index (χ4n) is 4.64. The predicted octanol–water partition coefficient (Wildman–Crippen LogP) is 3.58. The quantitative estimate of drug-likeness (QED) is 0.579. The maximum absolute atomic E-state index is 12.5. The molecule has 0 spiro atoms. The van der Waals surface area contributed by atoms with Gasteiger partial charge in [0.05, 0.1) is 17.8 Å². The molecule has 0 unspecified atom stereocenters. The Balaban J connectivity index is 1.32. The molecule has 0 atom stereocenters. The van der Waals surface area contributed by atoms with Crippen LogP contribution in [0.4, 0.5) is 17.1 Å². The molecule has 2 amide bonds. The van der Waals surface area contributed by atoms with Gasteiger partial charge in [0.15, 0.2) is 0 Å². The molecule has 0 bridgehead atoms. The minimum absolute atomic E-state index is 0.0300. The lowest BCUT2D eigenvalue weighted by Crippen LogP contribution is -2.48. The summed E-state index contributed by atoms with van der Waals surface area (Å²) in [6.07, 6.45) is 3.81. The van der Waals surface area contributed by atoms with Crippen LogP contribution in [0.25, 0.3) is 0 Å². The van der Waals surface area contributed by atoms with E-state index in [0.717, 1.165) is 42.6 Å². The molecule has 8 heteroatoms.